The normalized spacial score (nSPS) is 30.3. The molecule has 3 nitrogen and oxygen atoms in total. The van der Waals surface area contributed by atoms with Gasteiger partial charge in [0.25, 0.3) is 0 Å². The molecule has 1 aliphatic carbocycles. The van der Waals surface area contributed by atoms with Crippen LogP contribution in [0.15, 0.2) is 24.3 Å². The van der Waals surface area contributed by atoms with E-state index < -0.39 is 0 Å². The molecule has 4 heteroatoms. The van der Waals surface area contributed by atoms with Crippen LogP contribution in [0.5, 0.6) is 0 Å². The van der Waals surface area contributed by atoms with E-state index in [9.17, 15) is 4.79 Å². The monoisotopic (exact) mass is 306 g/mol. The zero-order valence-corrected chi connectivity index (χ0v) is 13.7. The SMILES string of the molecule is CC1(C)C[C@@H]2C[C@](C)(CN2C(=O)Nc2cccc(Cl)c2)C1. The minimum atomic E-state index is 0.00342. The zero-order chi connectivity index (χ0) is 15.3. The maximum absolute atomic E-state index is 12.6. The number of anilines is 1. The molecule has 21 heavy (non-hydrogen) atoms. The summed E-state index contributed by atoms with van der Waals surface area (Å²) < 4.78 is 0. The minimum Gasteiger partial charge on any atom is -0.321 e. The number of carbonyl (C=O) groups excluding carboxylic acids is 1. The Morgan fingerprint density at radius 2 is 2.10 bits per heavy atom. The minimum absolute atomic E-state index is 0.00342. The second-order valence-corrected chi connectivity index (χ2v) is 8.22. The van der Waals surface area contributed by atoms with E-state index in [4.69, 9.17) is 11.6 Å². The standard InChI is InChI=1S/C17H23ClN2O/c1-16(2)8-14-9-17(3,10-16)11-20(14)15(21)19-13-6-4-5-12(18)7-13/h4-7,14H,8-11H2,1-3H3,(H,19,21)/t14-,17+/m1/s1. The highest BCUT2D eigenvalue weighted by Crippen LogP contribution is 2.52. The summed E-state index contributed by atoms with van der Waals surface area (Å²) in [6.07, 6.45) is 3.41. The van der Waals surface area contributed by atoms with Gasteiger partial charge in [-0.15, -0.1) is 0 Å². The highest BCUT2D eigenvalue weighted by atomic mass is 35.5. The van der Waals surface area contributed by atoms with Crippen molar-refractivity contribution in [3.63, 3.8) is 0 Å². The van der Waals surface area contributed by atoms with Gasteiger partial charge >= 0.3 is 6.03 Å². The number of halogens is 1. The molecule has 2 fully saturated rings. The first-order valence-electron chi connectivity index (χ1n) is 7.60. The molecule has 0 spiro atoms. The van der Waals surface area contributed by atoms with Crippen LogP contribution in [0.3, 0.4) is 0 Å². The molecular formula is C17H23ClN2O. The number of hydrogen-bond donors (Lipinski definition) is 1. The summed E-state index contributed by atoms with van der Waals surface area (Å²) in [6, 6.07) is 7.68. The van der Waals surface area contributed by atoms with Gasteiger partial charge in [0, 0.05) is 23.3 Å². The first kappa shape index (κ1) is 14.7. The predicted octanol–water partition coefficient (Wildman–Crippen LogP) is 4.77. The molecule has 0 radical (unpaired) electrons. The van der Waals surface area contributed by atoms with E-state index in [1.165, 1.54) is 6.42 Å². The van der Waals surface area contributed by atoms with Gasteiger partial charge < -0.3 is 10.2 Å². The summed E-state index contributed by atoms with van der Waals surface area (Å²) in [7, 11) is 0. The number of rotatable bonds is 1. The maximum atomic E-state index is 12.6. The van der Waals surface area contributed by atoms with Gasteiger partial charge in [0.2, 0.25) is 0 Å². The lowest BCUT2D eigenvalue weighted by Gasteiger charge is -2.39. The van der Waals surface area contributed by atoms with E-state index in [1.54, 1.807) is 6.07 Å². The zero-order valence-electron chi connectivity index (χ0n) is 12.9. The summed E-state index contributed by atoms with van der Waals surface area (Å²) in [6.45, 7) is 7.80. The smallest absolute Gasteiger partial charge is 0.321 e. The number of benzene rings is 1. The third-order valence-corrected chi connectivity index (χ3v) is 4.99. The first-order valence-corrected chi connectivity index (χ1v) is 7.97. The molecule has 2 atom stereocenters. The van der Waals surface area contributed by atoms with Crippen molar-refractivity contribution >= 4 is 23.3 Å². The molecule has 2 amide bonds. The van der Waals surface area contributed by atoms with E-state index in [2.05, 4.69) is 26.1 Å². The molecule has 1 saturated carbocycles. The molecule has 1 aliphatic heterocycles. The van der Waals surface area contributed by atoms with Crippen LogP contribution in [-0.4, -0.2) is 23.5 Å². The van der Waals surface area contributed by atoms with Crippen molar-refractivity contribution in [3.05, 3.63) is 29.3 Å². The molecule has 0 aromatic heterocycles. The molecule has 1 N–H and O–H groups in total. The quantitative estimate of drug-likeness (QED) is 0.796. The van der Waals surface area contributed by atoms with Gasteiger partial charge in [0.15, 0.2) is 0 Å². The fourth-order valence-corrected chi connectivity index (χ4v) is 4.65. The van der Waals surface area contributed by atoms with Crippen LogP contribution in [0, 0.1) is 10.8 Å². The maximum Gasteiger partial charge on any atom is 0.322 e. The molecule has 1 aromatic rings. The summed E-state index contributed by atoms with van der Waals surface area (Å²) in [5.74, 6) is 0. The van der Waals surface area contributed by atoms with Gasteiger partial charge in [0.1, 0.15) is 0 Å². The summed E-state index contributed by atoms with van der Waals surface area (Å²) in [5, 5.41) is 3.62. The summed E-state index contributed by atoms with van der Waals surface area (Å²) in [4.78, 5) is 14.6. The van der Waals surface area contributed by atoms with E-state index in [0.717, 1.165) is 25.1 Å². The van der Waals surface area contributed by atoms with Gasteiger partial charge in [-0.05, 0) is 48.3 Å². The van der Waals surface area contributed by atoms with Crippen molar-refractivity contribution in [1.29, 1.82) is 0 Å². The van der Waals surface area contributed by atoms with Crippen molar-refractivity contribution in [2.24, 2.45) is 10.8 Å². The Labute approximate surface area is 131 Å². The molecule has 0 unspecified atom stereocenters. The number of hydrogen-bond acceptors (Lipinski definition) is 1. The largest absolute Gasteiger partial charge is 0.322 e. The molecule has 1 heterocycles. The topological polar surface area (TPSA) is 32.3 Å². The Morgan fingerprint density at radius 1 is 1.33 bits per heavy atom. The van der Waals surface area contributed by atoms with E-state index in [1.807, 2.05) is 23.1 Å². The lowest BCUT2D eigenvalue weighted by Crippen LogP contribution is -2.40. The van der Waals surface area contributed by atoms with Crippen LogP contribution < -0.4 is 5.32 Å². The highest BCUT2D eigenvalue weighted by Gasteiger charge is 2.50. The van der Waals surface area contributed by atoms with Crippen LogP contribution in [0.25, 0.3) is 0 Å². The lowest BCUT2D eigenvalue weighted by molar-refractivity contribution is 0.130. The fraction of sp³-hybridized carbons (Fsp3) is 0.588. The third kappa shape index (κ3) is 3.03. The van der Waals surface area contributed by atoms with Crippen molar-refractivity contribution in [3.8, 4) is 0 Å². The lowest BCUT2D eigenvalue weighted by atomic mass is 9.65. The van der Waals surface area contributed by atoms with Gasteiger partial charge in [0.05, 0.1) is 0 Å². The molecule has 1 aromatic carbocycles. The molecular weight excluding hydrogens is 284 g/mol. The second kappa shape index (κ2) is 4.91. The predicted molar refractivity (Wildman–Crippen MR) is 86.7 cm³/mol. The van der Waals surface area contributed by atoms with Gasteiger partial charge in [-0.25, -0.2) is 4.79 Å². The van der Waals surface area contributed by atoms with Crippen molar-refractivity contribution in [1.82, 2.24) is 4.90 Å². The number of amides is 2. The number of nitrogens with one attached hydrogen (secondary N) is 1. The number of urea groups is 1. The number of fused-ring (bicyclic) bond motifs is 2. The highest BCUT2D eigenvalue weighted by molar-refractivity contribution is 6.30. The molecule has 3 rings (SSSR count). The van der Waals surface area contributed by atoms with E-state index in [-0.39, 0.29) is 11.4 Å². The van der Waals surface area contributed by atoms with Crippen molar-refractivity contribution in [2.45, 2.75) is 46.1 Å². The summed E-state index contributed by atoms with van der Waals surface area (Å²) >= 11 is 5.97. The van der Waals surface area contributed by atoms with Gasteiger partial charge in [-0.1, -0.05) is 38.4 Å². The number of nitrogens with zero attached hydrogens (tertiary/aromatic N) is 1. The summed E-state index contributed by atoms with van der Waals surface area (Å²) in [5.41, 5.74) is 1.35. The number of likely N-dealkylation sites (tertiary alicyclic amines) is 1. The molecule has 114 valence electrons. The van der Waals surface area contributed by atoms with Crippen LogP contribution in [0.1, 0.15) is 40.0 Å². The molecule has 1 saturated heterocycles. The Bertz CT molecular complexity index is 572. The van der Waals surface area contributed by atoms with Crippen LogP contribution in [0.4, 0.5) is 10.5 Å². The second-order valence-electron chi connectivity index (χ2n) is 7.78. The Hall–Kier alpha value is -1.22. The van der Waals surface area contributed by atoms with E-state index in [0.29, 0.717) is 16.5 Å². The van der Waals surface area contributed by atoms with Crippen molar-refractivity contribution < 1.29 is 4.79 Å². The Kier molecular flexibility index (Phi) is 3.44. The molecule has 2 bridgehead atoms. The van der Waals surface area contributed by atoms with Crippen LogP contribution in [-0.2, 0) is 0 Å². The molecule has 2 aliphatic rings. The average Bonchev–Trinajstić information content (AvgIpc) is 2.58. The Morgan fingerprint density at radius 3 is 2.81 bits per heavy atom. The van der Waals surface area contributed by atoms with Crippen molar-refractivity contribution in [2.75, 3.05) is 11.9 Å². The van der Waals surface area contributed by atoms with E-state index >= 15 is 0 Å². The average molecular weight is 307 g/mol. The van der Waals surface area contributed by atoms with Crippen LogP contribution >= 0.6 is 11.6 Å². The van der Waals surface area contributed by atoms with Gasteiger partial charge in [-0.2, -0.15) is 0 Å². The fourth-order valence-electron chi connectivity index (χ4n) is 4.46. The first-order chi connectivity index (χ1) is 9.76. The van der Waals surface area contributed by atoms with Gasteiger partial charge in [-0.3, -0.25) is 0 Å². The number of carbonyl (C=O) groups is 1. The third-order valence-electron chi connectivity index (χ3n) is 4.75. The Balaban J connectivity index is 1.74. The van der Waals surface area contributed by atoms with Crippen LogP contribution in [0.2, 0.25) is 5.02 Å².